The van der Waals surface area contributed by atoms with Gasteiger partial charge in [0, 0.05) is 6.04 Å². The van der Waals surface area contributed by atoms with E-state index < -0.39 is 0 Å². The molecule has 2 rings (SSSR count). The Bertz CT molecular complexity index is 288. The van der Waals surface area contributed by atoms with Crippen molar-refractivity contribution >= 4 is 0 Å². The molecule has 2 heteroatoms. The van der Waals surface area contributed by atoms with Crippen molar-refractivity contribution in [1.82, 2.24) is 0 Å². The Morgan fingerprint density at radius 1 is 1.14 bits per heavy atom. The van der Waals surface area contributed by atoms with Crippen LogP contribution in [-0.2, 0) is 0 Å². The van der Waals surface area contributed by atoms with Crippen molar-refractivity contribution < 1.29 is 5.11 Å². The van der Waals surface area contributed by atoms with Crippen LogP contribution in [0.3, 0.4) is 0 Å². The van der Waals surface area contributed by atoms with E-state index >= 15 is 0 Å². The minimum Gasteiger partial charge on any atom is -0.508 e. The van der Waals surface area contributed by atoms with Crippen molar-refractivity contribution in [3.05, 3.63) is 29.8 Å². The zero-order chi connectivity index (χ0) is 9.97. The number of nitrogens with two attached hydrogens (primary N) is 1. The first-order valence-corrected chi connectivity index (χ1v) is 5.32. The molecule has 1 saturated carbocycles. The van der Waals surface area contributed by atoms with E-state index in [-0.39, 0.29) is 6.04 Å². The summed E-state index contributed by atoms with van der Waals surface area (Å²) in [6, 6.07) is 7.43. The number of rotatable bonds is 2. The predicted octanol–water partition coefficient (Wildman–Crippen LogP) is 2.58. The molecule has 1 fully saturated rings. The number of hydrogen-bond donors (Lipinski definition) is 2. The van der Waals surface area contributed by atoms with E-state index in [0.717, 1.165) is 5.56 Å². The van der Waals surface area contributed by atoms with Gasteiger partial charge in [-0.1, -0.05) is 25.0 Å². The first-order valence-electron chi connectivity index (χ1n) is 5.32. The third-order valence-corrected chi connectivity index (χ3v) is 3.19. The number of aromatic hydroxyl groups is 1. The van der Waals surface area contributed by atoms with Gasteiger partial charge in [0.25, 0.3) is 0 Å². The normalized spacial score (nSPS) is 19.8. The Morgan fingerprint density at radius 2 is 1.71 bits per heavy atom. The molecule has 1 aromatic carbocycles. The Balaban J connectivity index is 2.09. The third-order valence-electron chi connectivity index (χ3n) is 3.19. The van der Waals surface area contributed by atoms with Crippen LogP contribution in [0.25, 0.3) is 0 Å². The van der Waals surface area contributed by atoms with Gasteiger partial charge >= 0.3 is 0 Å². The van der Waals surface area contributed by atoms with Crippen LogP contribution in [0.15, 0.2) is 24.3 Å². The van der Waals surface area contributed by atoms with E-state index in [1.807, 2.05) is 12.1 Å². The molecule has 3 N–H and O–H groups in total. The molecule has 0 spiro atoms. The van der Waals surface area contributed by atoms with Crippen LogP contribution in [0.5, 0.6) is 5.75 Å². The minimum absolute atomic E-state index is 0.151. The lowest BCUT2D eigenvalue weighted by Crippen LogP contribution is -2.18. The molecule has 0 aliphatic heterocycles. The molecule has 1 aliphatic rings. The summed E-state index contributed by atoms with van der Waals surface area (Å²) in [5.74, 6) is 0.951. The van der Waals surface area contributed by atoms with Gasteiger partial charge in [0.15, 0.2) is 0 Å². The largest absolute Gasteiger partial charge is 0.508 e. The van der Waals surface area contributed by atoms with Crippen LogP contribution in [0.1, 0.15) is 37.3 Å². The summed E-state index contributed by atoms with van der Waals surface area (Å²) >= 11 is 0. The highest BCUT2D eigenvalue weighted by Crippen LogP contribution is 2.34. The fourth-order valence-corrected chi connectivity index (χ4v) is 2.29. The van der Waals surface area contributed by atoms with Crippen molar-refractivity contribution in [3.63, 3.8) is 0 Å². The van der Waals surface area contributed by atoms with Crippen molar-refractivity contribution in [1.29, 1.82) is 0 Å². The van der Waals surface area contributed by atoms with Crippen LogP contribution < -0.4 is 5.73 Å². The zero-order valence-corrected chi connectivity index (χ0v) is 8.32. The monoisotopic (exact) mass is 191 g/mol. The van der Waals surface area contributed by atoms with Gasteiger partial charge in [0.1, 0.15) is 5.75 Å². The number of phenols is 1. The molecule has 0 aromatic heterocycles. The molecule has 0 unspecified atom stereocenters. The van der Waals surface area contributed by atoms with Crippen molar-refractivity contribution in [3.8, 4) is 5.75 Å². The Morgan fingerprint density at radius 3 is 2.29 bits per heavy atom. The van der Waals surface area contributed by atoms with Gasteiger partial charge < -0.3 is 10.8 Å². The van der Waals surface area contributed by atoms with Gasteiger partial charge in [-0.3, -0.25) is 0 Å². The Hall–Kier alpha value is -1.02. The maximum atomic E-state index is 9.16. The number of phenolic OH excluding ortho intramolecular Hbond substituents is 1. The molecule has 2 nitrogen and oxygen atoms in total. The minimum atomic E-state index is 0.151. The maximum Gasteiger partial charge on any atom is 0.115 e. The van der Waals surface area contributed by atoms with Crippen molar-refractivity contribution in [2.24, 2.45) is 11.7 Å². The SMILES string of the molecule is N[C@H](c1ccc(O)cc1)C1CCCC1. The lowest BCUT2D eigenvalue weighted by Gasteiger charge is -2.18. The lowest BCUT2D eigenvalue weighted by molar-refractivity contribution is 0.442. The Labute approximate surface area is 84.7 Å². The van der Waals surface area contributed by atoms with E-state index in [1.165, 1.54) is 25.7 Å². The summed E-state index contributed by atoms with van der Waals surface area (Å²) in [4.78, 5) is 0. The summed E-state index contributed by atoms with van der Waals surface area (Å²) in [5, 5.41) is 9.16. The molecule has 0 heterocycles. The second-order valence-corrected chi connectivity index (χ2v) is 4.16. The third kappa shape index (κ3) is 1.90. The quantitative estimate of drug-likeness (QED) is 0.754. The van der Waals surface area contributed by atoms with Crippen molar-refractivity contribution in [2.45, 2.75) is 31.7 Å². The second-order valence-electron chi connectivity index (χ2n) is 4.16. The summed E-state index contributed by atoms with van der Waals surface area (Å²) < 4.78 is 0. The molecule has 0 radical (unpaired) electrons. The molecular formula is C12H17NO. The summed E-state index contributed by atoms with van der Waals surface area (Å²) in [7, 11) is 0. The molecule has 0 amide bonds. The van der Waals surface area contributed by atoms with E-state index in [9.17, 15) is 0 Å². The molecule has 0 bridgehead atoms. The van der Waals surface area contributed by atoms with E-state index in [4.69, 9.17) is 10.8 Å². The van der Waals surface area contributed by atoms with Crippen LogP contribution in [0, 0.1) is 5.92 Å². The second kappa shape index (κ2) is 4.01. The molecule has 0 saturated heterocycles. The highest BCUT2D eigenvalue weighted by atomic mass is 16.3. The van der Waals surface area contributed by atoms with E-state index in [1.54, 1.807) is 12.1 Å². The van der Waals surface area contributed by atoms with Crippen LogP contribution in [0.4, 0.5) is 0 Å². The van der Waals surface area contributed by atoms with Gasteiger partial charge in [-0.25, -0.2) is 0 Å². The first kappa shape index (κ1) is 9.53. The van der Waals surface area contributed by atoms with Crippen LogP contribution >= 0.6 is 0 Å². The van der Waals surface area contributed by atoms with Gasteiger partial charge in [0.2, 0.25) is 0 Å². The van der Waals surface area contributed by atoms with Crippen molar-refractivity contribution in [2.75, 3.05) is 0 Å². The molecule has 1 aromatic rings. The van der Waals surface area contributed by atoms with Crippen LogP contribution in [-0.4, -0.2) is 5.11 Å². The summed E-state index contributed by atoms with van der Waals surface area (Å²) in [5.41, 5.74) is 7.32. The number of hydrogen-bond acceptors (Lipinski definition) is 2. The Kier molecular flexibility index (Phi) is 2.73. The first-order chi connectivity index (χ1) is 6.77. The van der Waals surface area contributed by atoms with E-state index in [2.05, 4.69) is 0 Å². The predicted molar refractivity (Wildman–Crippen MR) is 57.0 cm³/mol. The average Bonchev–Trinajstić information content (AvgIpc) is 2.71. The zero-order valence-electron chi connectivity index (χ0n) is 8.32. The van der Waals surface area contributed by atoms with Gasteiger partial charge in [-0.05, 0) is 36.5 Å². The van der Waals surface area contributed by atoms with E-state index in [0.29, 0.717) is 11.7 Å². The fraction of sp³-hybridized carbons (Fsp3) is 0.500. The smallest absolute Gasteiger partial charge is 0.115 e. The van der Waals surface area contributed by atoms with Gasteiger partial charge in [-0.2, -0.15) is 0 Å². The molecule has 76 valence electrons. The van der Waals surface area contributed by atoms with Gasteiger partial charge in [-0.15, -0.1) is 0 Å². The molecule has 14 heavy (non-hydrogen) atoms. The highest BCUT2D eigenvalue weighted by molar-refractivity contribution is 5.28. The maximum absolute atomic E-state index is 9.16. The lowest BCUT2D eigenvalue weighted by atomic mass is 9.92. The molecular weight excluding hydrogens is 174 g/mol. The standard InChI is InChI=1S/C12H17NO/c13-12(9-3-1-2-4-9)10-5-7-11(14)8-6-10/h5-9,12,14H,1-4,13H2/t12-/m0/s1. The topological polar surface area (TPSA) is 46.2 Å². The fourth-order valence-electron chi connectivity index (χ4n) is 2.29. The molecule has 1 atom stereocenters. The average molecular weight is 191 g/mol. The molecule has 1 aliphatic carbocycles. The summed E-state index contributed by atoms with van der Waals surface area (Å²) in [6.45, 7) is 0. The van der Waals surface area contributed by atoms with Gasteiger partial charge in [0.05, 0.1) is 0 Å². The highest BCUT2D eigenvalue weighted by Gasteiger charge is 2.22. The van der Waals surface area contributed by atoms with Crippen LogP contribution in [0.2, 0.25) is 0 Å². The summed E-state index contributed by atoms with van der Waals surface area (Å²) in [6.07, 6.45) is 5.14. The number of benzene rings is 1.